The van der Waals surface area contributed by atoms with Gasteiger partial charge in [0.1, 0.15) is 0 Å². The molecule has 0 saturated carbocycles. The second kappa shape index (κ2) is 5.68. The fourth-order valence-corrected chi connectivity index (χ4v) is 1.90. The Balaban J connectivity index is 2.97. The van der Waals surface area contributed by atoms with Gasteiger partial charge < -0.3 is 5.73 Å². The van der Waals surface area contributed by atoms with Gasteiger partial charge >= 0.3 is 0 Å². The van der Waals surface area contributed by atoms with E-state index >= 15 is 0 Å². The molecule has 0 bridgehead atoms. The predicted octanol–water partition coefficient (Wildman–Crippen LogP) is 2.29. The monoisotopic (exact) mass is 222 g/mol. The summed E-state index contributed by atoms with van der Waals surface area (Å²) in [6.07, 6.45) is 3.48. The molecule has 0 aliphatic carbocycles. The number of aromatic nitrogens is 2. The van der Waals surface area contributed by atoms with Crippen molar-refractivity contribution in [1.82, 2.24) is 9.78 Å². The second-order valence-electron chi connectivity index (χ2n) is 4.07. The van der Waals surface area contributed by atoms with E-state index in [1.807, 2.05) is 0 Å². The van der Waals surface area contributed by atoms with Crippen LogP contribution in [0.2, 0.25) is 0 Å². The highest BCUT2D eigenvalue weighted by atomic mass is 15.3. The maximum atomic E-state index is 7.39. The number of nitrogens with one attached hydrogen (secondary N) is 1. The van der Waals surface area contributed by atoms with Crippen LogP contribution in [0.15, 0.2) is 6.07 Å². The van der Waals surface area contributed by atoms with Gasteiger partial charge in [0.05, 0.1) is 17.6 Å². The van der Waals surface area contributed by atoms with E-state index in [0.29, 0.717) is 6.42 Å². The molecule has 0 saturated heterocycles. The average Bonchev–Trinajstić information content (AvgIpc) is 2.68. The molecule has 0 radical (unpaired) electrons. The van der Waals surface area contributed by atoms with Crippen LogP contribution in [0.5, 0.6) is 0 Å². The Morgan fingerprint density at radius 1 is 1.44 bits per heavy atom. The molecule has 0 amide bonds. The van der Waals surface area contributed by atoms with Crippen molar-refractivity contribution >= 4 is 5.84 Å². The lowest BCUT2D eigenvalue weighted by atomic mass is 10.1. The molecule has 0 aromatic carbocycles. The number of hydrogen-bond acceptors (Lipinski definition) is 2. The smallest absolute Gasteiger partial charge is 0.0926 e. The van der Waals surface area contributed by atoms with Crippen LogP contribution in [0.25, 0.3) is 0 Å². The van der Waals surface area contributed by atoms with Crippen molar-refractivity contribution in [3.63, 3.8) is 0 Å². The summed E-state index contributed by atoms with van der Waals surface area (Å²) in [7, 11) is 0. The molecule has 4 heteroatoms. The Morgan fingerprint density at radius 3 is 2.56 bits per heavy atom. The largest absolute Gasteiger partial charge is 0.388 e. The van der Waals surface area contributed by atoms with Gasteiger partial charge in [-0.2, -0.15) is 5.10 Å². The van der Waals surface area contributed by atoms with Crippen molar-refractivity contribution in [2.24, 2.45) is 5.73 Å². The quantitative estimate of drug-likeness (QED) is 0.572. The van der Waals surface area contributed by atoms with Crippen molar-refractivity contribution < 1.29 is 0 Å². The molecule has 0 aliphatic rings. The molecule has 1 unspecified atom stereocenters. The van der Waals surface area contributed by atoms with Crippen LogP contribution in [0, 0.1) is 5.41 Å². The third kappa shape index (κ3) is 2.84. The summed E-state index contributed by atoms with van der Waals surface area (Å²) in [5, 5.41) is 12.0. The van der Waals surface area contributed by atoms with Crippen LogP contribution in [0.4, 0.5) is 0 Å². The number of hydrogen-bond donors (Lipinski definition) is 2. The number of amidine groups is 1. The van der Waals surface area contributed by atoms with E-state index in [2.05, 4.69) is 36.6 Å². The zero-order valence-electron chi connectivity index (χ0n) is 10.5. The number of rotatable bonds is 6. The van der Waals surface area contributed by atoms with Gasteiger partial charge in [-0.3, -0.25) is 10.1 Å². The molecular formula is C12H22N4. The van der Waals surface area contributed by atoms with E-state index in [-0.39, 0.29) is 11.9 Å². The lowest BCUT2D eigenvalue weighted by molar-refractivity contribution is 0.435. The van der Waals surface area contributed by atoms with E-state index in [4.69, 9.17) is 11.1 Å². The van der Waals surface area contributed by atoms with Gasteiger partial charge in [-0.1, -0.05) is 20.8 Å². The van der Waals surface area contributed by atoms with E-state index in [1.54, 1.807) is 0 Å². The van der Waals surface area contributed by atoms with Crippen LogP contribution in [-0.2, 0) is 12.8 Å². The highest BCUT2D eigenvalue weighted by Crippen LogP contribution is 2.19. The van der Waals surface area contributed by atoms with Crippen LogP contribution in [0.3, 0.4) is 0 Å². The van der Waals surface area contributed by atoms with Gasteiger partial charge in [0.2, 0.25) is 0 Å². The van der Waals surface area contributed by atoms with E-state index in [0.717, 1.165) is 25.0 Å². The summed E-state index contributed by atoms with van der Waals surface area (Å²) < 4.78 is 2.06. The summed E-state index contributed by atoms with van der Waals surface area (Å²) >= 11 is 0. The summed E-state index contributed by atoms with van der Waals surface area (Å²) in [5.41, 5.74) is 7.84. The molecule has 1 aromatic heterocycles. The SMILES string of the molecule is CCc1cc(CC)n(C(CC)CC(=N)N)n1. The molecule has 1 atom stereocenters. The first-order valence-corrected chi connectivity index (χ1v) is 6.02. The minimum atomic E-state index is 0.229. The second-order valence-corrected chi connectivity index (χ2v) is 4.07. The molecular weight excluding hydrogens is 200 g/mol. The van der Waals surface area contributed by atoms with E-state index in [9.17, 15) is 0 Å². The number of nitrogens with two attached hydrogens (primary N) is 1. The van der Waals surface area contributed by atoms with Crippen molar-refractivity contribution in [1.29, 1.82) is 5.41 Å². The number of nitrogens with zero attached hydrogens (tertiary/aromatic N) is 2. The number of aryl methyl sites for hydroxylation is 2. The lowest BCUT2D eigenvalue weighted by Gasteiger charge is -2.17. The molecule has 1 aromatic rings. The third-order valence-electron chi connectivity index (χ3n) is 2.86. The van der Waals surface area contributed by atoms with Crippen LogP contribution in [-0.4, -0.2) is 15.6 Å². The van der Waals surface area contributed by atoms with Gasteiger partial charge in [0.15, 0.2) is 0 Å². The Kier molecular flexibility index (Phi) is 4.52. The van der Waals surface area contributed by atoms with Gasteiger partial charge in [0, 0.05) is 12.1 Å². The Bertz CT molecular complexity index is 354. The molecule has 0 spiro atoms. The molecule has 0 fully saturated rings. The fourth-order valence-electron chi connectivity index (χ4n) is 1.90. The first kappa shape index (κ1) is 12.7. The first-order chi connectivity index (χ1) is 7.62. The zero-order valence-corrected chi connectivity index (χ0v) is 10.5. The topological polar surface area (TPSA) is 67.7 Å². The summed E-state index contributed by atoms with van der Waals surface area (Å²) in [6, 6.07) is 2.38. The first-order valence-electron chi connectivity index (χ1n) is 6.02. The van der Waals surface area contributed by atoms with Crippen molar-refractivity contribution in [2.45, 2.75) is 52.5 Å². The van der Waals surface area contributed by atoms with Crippen LogP contribution >= 0.6 is 0 Å². The van der Waals surface area contributed by atoms with Gasteiger partial charge in [-0.25, -0.2) is 0 Å². The zero-order chi connectivity index (χ0) is 12.1. The Labute approximate surface area is 97.3 Å². The van der Waals surface area contributed by atoms with Gasteiger partial charge in [0.25, 0.3) is 0 Å². The fraction of sp³-hybridized carbons (Fsp3) is 0.667. The van der Waals surface area contributed by atoms with Crippen molar-refractivity contribution in [3.8, 4) is 0 Å². The maximum absolute atomic E-state index is 7.39. The Morgan fingerprint density at radius 2 is 2.12 bits per heavy atom. The molecule has 3 N–H and O–H groups in total. The van der Waals surface area contributed by atoms with E-state index < -0.39 is 0 Å². The predicted molar refractivity (Wildman–Crippen MR) is 66.8 cm³/mol. The molecule has 16 heavy (non-hydrogen) atoms. The highest BCUT2D eigenvalue weighted by molar-refractivity contribution is 5.77. The maximum Gasteiger partial charge on any atom is 0.0926 e. The molecule has 1 rings (SSSR count). The molecule has 90 valence electrons. The van der Waals surface area contributed by atoms with Crippen LogP contribution < -0.4 is 5.73 Å². The molecule has 0 aliphatic heterocycles. The molecule has 4 nitrogen and oxygen atoms in total. The minimum absolute atomic E-state index is 0.229. The summed E-state index contributed by atoms with van der Waals surface area (Å²) in [5.74, 6) is 0.238. The summed E-state index contributed by atoms with van der Waals surface area (Å²) in [6.45, 7) is 6.35. The van der Waals surface area contributed by atoms with Gasteiger partial charge in [-0.05, 0) is 25.3 Å². The highest BCUT2D eigenvalue weighted by Gasteiger charge is 2.15. The van der Waals surface area contributed by atoms with Crippen molar-refractivity contribution in [2.75, 3.05) is 0 Å². The van der Waals surface area contributed by atoms with Gasteiger partial charge in [-0.15, -0.1) is 0 Å². The van der Waals surface area contributed by atoms with Crippen LogP contribution in [0.1, 0.15) is 51.0 Å². The normalized spacial score (nSPS) is 12.7. The average molecular weight is 222 g/mol. The standard InChI is InChI=1S/C12H22N4/c1-4-9-7-10(5-2)16(15-9)11(6-3)8-12(13)14/h7,11H,4-6,8H2,1-3H3,(H3,13,14). The van der Waals surface area contributed by atoms with E-state index in [1.165, 1.54) is 5.69 Å². The van der Waals surface area contributed by atoms with Crippen molar-refractivity contribution in [3.05, 3.63) is 17.5 Å². The minimum Gasteiger partial charge on any atom is -0.388 e. The molecule has 1 heterocycles. The summed E-state index contributed by atoms with van der Waals surface area (Å²) in [4.78, 5) is 0. The lowest BCUT2D eigenvalue weighted by Crippen LogP contribution is -2.20. The third-order valence-corrected chi connectivity index (χ3v) is 2.86. The Hall–Kier alpha value is -1.32.